The molecule has 1 saturated heterocycles. The van der Waals surface area contributed by atoms with Gasteiger partial charge >= 0.3 is 6.09 Å². The summed E-state index contributed by atoms with van der Waals surface area (Å²) >= 11 is 0. The number of ether oxygens (including phenoxy) is 1. The van der Waals surface area contributed by atoms with E-state index in [1.165, 1.54) is 5.56 Å². The summed E-state index contributed by atoms with van der Waals surface area (Å²) < 4.78 is 38.5. The summed E-state index contributed by atoms with van der Waals surface area (Å²) in [5.41, 5.74) is -0.661. The fourth-order valence-electron chi connectivity index (χ4n) is 5.68. The summed E-state index contributed by atoms with van der Waals surface area (Å²) in [4.78, 5) is 24.8. The molecule has 0 aromatic heterocycles. The molecule has 3 rings (SSSR count). The average Bonchev–Trinajstić information content (AvgIpc) is 3.25. The Morgan fingerprint density at radius 2 is 1.78 bits per heavy atom. The molecule has 4 atom stereocenters. The van der Waals surface area contributed by atoms with Gasteiger partial charge in [-0.3, -0.25) is 9.35 Å². The lowest BCUT2D eigenvalue weighted by molar-refractivity contribution is -0.123. The minimum Gasteiger partial charge on any atom is -0.446 e. The van der Waals surface area contributed by atoms with Gasteiger partial charge in [-0.15, -0.1) is 0 Å². The lowest BCUT2D eigenvalue weighted by Gasteiger charge is -2.30. The van der Waals surface area contributed by atoms with Crippen LogP contribution in [0.25, 0.3) is 0 Å². The number of aliphatic hydroxyl groups excluding tert-OH is 1. The monoisotopic (exact) mass is 538 g/mol. The van der Waals surface area contributed by atoms with E-state index in [9.17, 15) is 27.7 Å². The molecule has 37 heavy (non-hydrogen) atoms. The van der Waals surface area contributed by atoms with Gasteiger partial charge in [0.05, 0.1) is 0 Å². The number of carbonyl (C=O) groups is 2. The normalized spacial score (nSPS) is 24.8. The second-order valence-electron chi connectivity index (χ2n) is 11.0. The molecule has 1 saturated carbocycles. The van der Waals surface area contributed by atoms with Crippen molar-refractivity contribution < 1.29 is 32.4 Å². The third-order valence-corrected chi connectivity index (χ3v) is 8.64. The number of alkyl carbamates (subject to hydrolysis) is 1. The quantitative estimate of drug-likeness (QED) is 0.295. The van der Waals surface area contributed by atoms with E-state index in [0.29, 0.717) is 31.7 Å². The zero-order valence-corrected chi connectivity index (χ0v) is 22.7. The van der Waals surface area contributed by atoms with Crippen LogP contribution in [0.1, 0.15) is 83.1 Å². The molecule has 208 valence electrons. The molecule has 0 radical (unpaired) electrons. The van der Waals surface area contributed by atoms with Gasteiger partial charge in [0.25, 0.3) is 10.1 Å². The van der Waals surface area contributed by atoms with E-state index >= 15 is 0 Å². The van der Waals surface area contributed by atoms with Crippen molar-refractivity contribution in [3.8, 4) is 0 Å². The lowest BCUT2D eigenvalue weighted by atomic mass is 9.83. The summed E-state index contributed by atoms with van der Waals surface area (Å²) in [7, 11) is -4.69. The maximum Gasteiger partial charge on any atom is 0.407 e. The first kappa shape index (κ1) is 29.4. The Labute approximate surface area is 220 Å². The zero-order chi connectivity index (χ0) is 27.0. The van der Waals surface area contributed by atoms with Gasteiger partial charge in [0.2, 0.25) is 5.91 Å². The Kier molecular flexibility index (Phi) is 10.8. The molecule has 0 spiro atoms. The number of rotatable bonds is 12. The minimum absolute atomic E-state index is 0.144. The molecule has 1 aliphatic carbocycles. The highest BCUT2D eigenvalue weighted by Gasteiger charge is 2.36. The van der Waals surface area contributed by atoms with Crippen LogP contribution in [0.4, 0.5) is 4.79 Å². The van der Waals surface area contributed by atoms with Crippen LogP contribution in [0.2, 0.25) is 0 Å². The van der Waals surface area contributed by atoms with E-state index in [-0.39, 0.29) is 36.8 Å². The topological polar surface area (TPSA) is 142 Å². The van der Waals surface area contributed by atoms with E-state index in [4.69, 9.17) is 4.74 Å². The fourth-order valence-corrected chi connectivity index (χ4v) is 6.41. The van der Waals surface area contributed by atoms with Gasteiger partial charge < -0.3 is 20.5 Å². The van der Waals surface area contributed by atoms with Gasteiger partial charge in [-0.25, -0.2) is 4.79 Å². The summed E-state index contributed by atoms with van der Waals surface area (Å²) in [6.45, 7) is 4.56. The molecule has 1 aromatic carbocycles. The molecule has 1 heterocycles. The third-order valence-electron chi connectivity index (χ3n) is 7.64. The second-order valence-corrected chi connectivity index (χ2v) is 12.5. The minimum atomic E-state index is -4.69. The third kappa shape index (κ3) is 9.26. The summed E-state index contributed by atoms with van der Waals surface area (Å²) in [6, 6.07) is 10.1. The largest absolute Gasteiger partial charge is 0.446 e. The average molecular weight is 539 g/mol. The van der Waals surface area contributed by atoms with Crippen LogP contribution in [0.5, 0.6) is 0 Å². The predicted octanol–water partition coefficient (Wildman–Crippen LogP) is 3.98. The molecule has 4 N–H and O–H groups in total. The highest BCUT2D eigenvalue weighted by Crippen LogP contribution is 2.34. The number of amides is 2. The van der Waals surface area contributed by atoms with Crippen molar-refractivity contribution in [3.63, 3.8) is 0 Å². The molecule has 2 amide bonds. The van der Waals surface area contributed by atoms with E-state index in [0.717, 1.165) is 25.7 Å². The molecule has 0 bridgehead atoms. The Balaban J connectivity index is 1.54. The van der Waals surface area contributed by atoms with Crippen molar-refractivity contribution in [2.45, 2.75) is 95.1 Å². The summed E-state index contributed by atoms with van der Waals surface area (Å²) in [5, 5.41) is 16.0. The molecule has 10 heteroatoms. The Morgan fingerprint density at radius 3 is 2.35 bits per heavy atom. The van der Waals surface area contributed by atoms with Crippen LogP contribution >= 0.6 is 0 Å². The number of hydrogen-bond donors (Lipinski definition) is 4. The van der Waals surface area contributed by atoms with Crippen LogP contribution < -0.4 is 10.6 Å². The van der Waals surface area contributed by atoms with Crippen molar-refractivity contribution in [2.75, 3.05) is 6.54 Å². The van der Waals surface area contributed by atoms with Crippen LogP contribution in [0.3, 0.4) is 0 Å². The van der Waals surface area contributed by atoms with Crippen molar-refractivity contribution >= 4 is 22.1 Å². The highest BCUT2D eigenvalue weighted by atomic mass is 32.2. The maximum atomic E-state index is 12.7. The van der Waals surface area contributed by atoms with Crippen LogP contribution in [0, 0.1) is 17.8 Å². The van der Waals surface area contributed by atoms with Gasteiger partial charge in [0, 0.05) is 24.4 Å². The molecule has 2 aliphatic rings. The SMILES string of the molecule is CC(C)C[C@@H](CC[C@@H](C[C@@H]1CCNC1=O)C(O)S(=O)(=O)O)NC(=O)OC1CCC(c2ccccc2)CC1. The summed E-state index contributed by atoms with van der Waals surface area (Å²) in [5.74, 6) is -0.670. The van der Waals surface area contributed by atoms with E-state index in [2.05, 4.69) is 22.8 Å². The van der Waals surface area contributed by atoms with Crippen molar-refractivity contribution in [2.24, 2.45) is 17.8 Å². The molecule has 1 unspecified atom stereocenters. The number of carbonyl (C=O) groups excluding carboxylic acids is 2. The molecular weight excluding hydrogens is 496 g/mol. The Morgan fingerprint density at radius 1 is 1.11 bits per heavy atom. The molecule has 9 nitrogen and oxygen atoms in total. The van der Waals surface area contributed by atoms with E-state index in [1.54, 1.807) is 0 Å². The standard InChI is InChI=1S/C27H42N2O7S/c1-18(2)16-23(11-8-22(26(31)37(33,34)35)17-21-14-15-28-25(21)30)29-27(32)36-24-12-9-20(10-13-24)19-6-4-3-5-7-19/h3-7,18,20-24,26,31H,8-17H2,1-2H3,(H,28,30)(H,29,32)(H,33,34,35)/t20?,21-,22-,23+,24?,26?/m0/s1. The van der Waals surface area contributed by atoms with Gasteiger partial charge in [0.1, 0.15) is 6.10 Å². The first-order valence-electron chi connectivity index (χ1n) is 13.5. The van der Waals surface area contributed by atoms with Gasteiger partial charge in [-0.1, -0.05) is 44.2 Å². The van der Waals surface area contributed by atoms with E-state index < -0.39 is 33.5 Å². The van der Waals surface area contributed by atoms with E-state index in [1.807, 2.05) is 32.0 Å². The molecular formula is C27H42N2O7S. The zero-order valence-electron chi connectivity index (χ0n) is 21.8. The highest BCUT2D eigenvalue weighted by molar-refractivity contribution is 7.86. The fraction of sp³-hybridized carbons (Fsp3) is 0.704. The Bertz CT molecular complexity index is 978. The molecule has 1 aromatic rings. The molecule has 1 aliphatic heterocycles. The maximum absolute atomic E-state index is 12.7. The van der Waals surface area contributed by atoms with Crippen molar-refractivity contribution in [3.05, 3.63) is 35.9 Å². The van der Waals surface area contributed by atoms with Gasteiger partial charge in [0.15, 0.2) is 5.44 Å². The number of hydrogen-bond acceptors (Lipinski definition) is 6. The van der Waals surface area contributed by atoms with Crippen molar-refractivity contribution in [1.82, 2.24) is 10.6 Å². The van der Waals surface area contributed by atoms with Crippen LogP contribution in [0.15, 0.2) is 30.3 Å². The predicted molar refractivity (Wildman–Crippen MR) is 140 cm³/mol. The first-order chi connectivity index (χ1) is 17.5. The number of benzene rings is 1. The van der Waals surface area contributed by atoms with Crippen molar-refractivity contribution in [1.29, 1.82) is 0 Å². The Hall–Kier alpha value is -2.17. The van der Waals surface area contributed by atoms with Crippen LogP contribution in [-0.2, 0) is 19.6 Å². The number of nitrogens with one attached hydrogen (secondary N) is 2. The van der Waals surface area contributed by atoms with Gasteiger partial charge in [-0.05, 0) is 75.2 Å². The second kappa shape index (κ2) is 13.6. The first-order valence-corrected chi connectivity index (χ1v) is 15.0. The van der Waals surface area contributed by atoms with Gasteiger partial charge in [-0.2, -0.15) is 8.42 Å². The van der Waals surface area contributed by atoms with Crippen LogP contribution in [-0.4, -0.2) is 54.2 Å². The number of aliphatic hydroxyl groups is 1. The smallest absolute Gasteiger partial charge is 0.407 e. The summed E-state index contributed by atoms with van der Waals surface area (Å²) in [6.07, 6.45) is 4.85. The lowest BCUT2D eigenvalue weighted by Crippen LogP contribution is -2.40. The molecule has 2 fully saturated rings.